The Labute approximate surface area is 196 Å². The Hall–Kier alpha value is -2.49. The van der Waals surface area contributed by atoms with Gasteiger partial charge in [-0.3, -0.25) is 0 Å². The zero-order valence-electron chi connectivity index (χ0n) is 19.2. The van der Waals surface area contributed by atoms with E-state index in [4.69, 9.17) is 20.2 Å². The average molecular weight is 467 g/mol. The van der Waals surface area contributed by atoms with Crippen molar-refractivity contribution in [2.24, 2.45) is 11.7 Å². The number of pyridine rings is 1. The summed E-state index contributed by atoms with van der Waals surface area (Å²) in [5.41, 5.74) is 11.3. The van der Waals surface area contributed by atoms with Crippen molar-refractivity contribution in [3.63, 3.8) is 0 Å². The van der Waals surface area contributed by atoms with Crippen LogP contribution in [0.15, 0.2) is 18.6 Å². The molecule has 2 aliphatic rings. The molecule has 2 atom stereocenters. The summed E-state index contributed by atoms with van der Waals surface area (Å²) in [5, 5.41) is 5.58. The molecule has 0 aromatic carbocycles. The van der Waals surface area contributed by atoms with Crippen LogP contribution in [0, 0.1) is 5.92 Å². The van der Waals surface area contributed by atoms with Crippen LogP contribution in [0.2, 0.25) is 0 Å². The molecule has 2 unspecified atom stereocenters. The molecule has 0 bridgehead atoms. The maximum absolute atomic E-state index is 6.13. The smallest absolute Gasteiger partial charge is 0.197 e. The fourth-order valence-corrected chi connectivity index (χ4v) is 6.70. The van der Waals surface area contributed by atoms with Crippen molar-refractivity contribution < 1.29 is 9.47 Å². The number of nitrogens with zero attached hydrogens (tertiary/aromatic N) is 4. The zero-order valence-corrected chi connectivity index (χ0v) is 20.1. The number of ether oxygens (including phenoxy) is 2. The molecule has 0 amide bonds. The molecule has 0 spiro atoms. The van der Waals surface area contributed by atoms with Crippen molar-refractivity contribution >= 4 is 27.3 Å². The van der Waals surface area contributed by atoms with Gasteiger partial charge in [0.15, 0.2) is 11.4 Å². The van der Waals surface area contributed by atoms with E-state index in [1.807, 2.05) is 23.6 Å². The number of aromatic amines is 1. The summed E-state index contributed by atoms with van der Waals surface area (Å²) in [6, 6.07) is 2.26. The first-order valence-electron chi connectivity index (χ1n) is 11.8. The number of nitrogens with one attached hydrogen (secondary N) is 1. The first-order valence-corrected chi connectivity index (χ1v) is 12.6. The highest BCUT2D eigenvalue weighted by molar-refractivity contribution is 7.18. The number of rotatable bonds is 5. The molecule has 0 radical (unpaired) electrons. The van der Waals surface area contributed by atoms with Gasteiger partial charge in [-0.2, -0.15) is 5.10 Å². The minimum Gasteiger partial charge on any atom is -0.493 e. The molecule has 4 aromatic heterocycles. The Kier molecular flexibility index (Phi) is 5.15. The molecule has 2 fully saturated rings. The van der Waals surface area contributed by atoms with Crippen LogP contribution in [0.1, 0.15) is 61.9 Å². The van der Waals surface area contributed by atoms with Crippen LogP contribution in [0.3, 0.4) is 0 Å². The van der Waals surface area contributed by atoms with Gasteiger partial charge in [-0.1, -0.05) is 13.8 Å². The van der Waals surface area contributed by atoms with Crippen molar-refractivity contribution in [1.29, 1.82) is 0 Å². The number of hydrogen-bond donors (Lipinski definition) is 2. The van der Waals surface area contributed by atoms with Crippen LogP contribution in [0.25, 0.3) is 27.3 Å². The van der Waals surface area contributed by atoms with E-state index in [0.717, 1.165) is 41.1 Å². The van der Waals surface area contributed by atoms with E-state index in [1.165, 1.54) is 23.4 Å². The second-order valence-corrected chi connectivity index (χ2v) is 10.7. The largest absolute Gasteiger partial charge is 0.493 e. The third-order valence-corrected chi connectivity index (χ3v) is 8.46. The van der Waals surface area contributed by atoms with E-state index >= 15 is 0 Å². The van der Waals surface area contributed by atoms with Gasteiger partial charge in [-0.05, 0) is 43.6 Å². The number of thiazole rings is 1. The average Bonchev–Trinajstić information content (AvgIpc) is 3.51. The van der Waals surface area contributed by atoms with E-state index in [2.05, 4.69) is 28.9 Å². The van der Waals surface area contributed by atoms with Gasteiger partial charge in [-0.15, -0.1) is 11.3 Å². The highest BCUT2D eigenvalue weighted by Crippen LogP contribution is 2.44. The van der Waals surface area contributed by atoms with Crippen LogP contribution < -0.4 is 10.5 Å². The third kappa shape index (κ3) is 3.45. The van der Waals surface area contributed by atoms with Gasteiger partial charge >= 0.3 is 0 Å². The quantitative estimate of drug-likeness (QED) is 0.450. The van der Waals surface area contributed by atoms with Gasteiger partial charge in [0.05, 0.1) is 36.6 Å². The number of methoxy groups -OCH3 is 1. The van der Waals surface area contributed by atoms with Crippen LogP contribution in [0.4, 0.5) is 0 Å². The summed E-state index contributed by atoms with van der Waals surface area (Å²) in [6.07, 6.45) is 8.50. The number of aromatic nitrogens is 5. The third-order valence-electron chi connectivity index (χ3n) is 7.32. The lowest BCUT2D eigenvalue weighted by Gasteiger charge is -2.42. The molecule has 1 saturated heterocycles. The van der Waals surface area contributed by atoms with E-state index in [-0.39, 0.29) is 12.1 Å². The van der Waals surface area contributed by atoms with E-state index < -0.39 is 0 Å². The van der Waals surface area contributed by atoms with E-state index in [9.17, 15) is 0 Å². The second-order valence-electron chi connectivity index (χ2n) is 9.70. The normalized spacial score (nSPS) is 25.7. The number of fused-ring (bicyclic) bond motifs is 2. The van der Waals surface area contributed by atoms with Gasteiger partial charge in [0, 0.05) is 23.2 Å². The second kappa shape index (κ2) is 8.07. The first kappa shape index (κ1) is 21.1. The van der Waals surface area contributed by atoms with Crippen molar-refractivity contribution in [3.05, 3.63) is 29.2 Å². The molecule has 1 saturated carbocycles. The minimum atomic E-state index is 0.229. The monoisotopic (exact) mass is 466 g/mol. The summed E-state index contributed by atoms with van der Waals surface area (Å²) >= 11 is 1.81. The zero-order chi connectivity index (χ0) is 22.7. The van der Waals surface area contributed by atoms with Crippen LogP contribution in [-0.4, -0.2) is 50.4 Å². The molecular weight excluding hydrogens is 436 g/mol. The molecule has 33 heavy (non-hydrogen) atoms. The van der Waals surface area contributed by atoms with E-state index in [0.29, 0.717) is 29.2 Å². The maximum atomic E-state index is 6.13. The summed E-state index contributed by atoms with van der Waals surface area (Å²) in [4.78, 5) is 14.3. The number of H-pyrrole nitrogens is 1. The molecule has 6 rings (SSSR count). The molecular formula is C24H30N6O2S. The Morgan fingerprint density at radius 2 is 2.09 bits per heavy atom. The molecule has 9 heteroatoms. The molecule has 174 valence electrons. The Morgan fingerprint density at radius 3 is 2.76 bits per heavy atom. The predicted octanol–water partition coefficient (Wildman–Crippen LogP) is 4.47. The molecule has 3 N–H and O–H groups in total. The lowest BCUT2D eigenvalue weighted by Crippen LogP contribution is -2.55. The summed E-state index contributed by atoms with van der Waals surface area (Å²) < 4.78 is 13.1. The Morgan fingerprint density at radius 1 is 1.27 bits per heavy atom. The summed E-state index contributed by atoms with van der Waals surface area (Å²) in [6.45, 7) is 5.17. The standard InChI is InChI=1S/C24H30N6O2S/c1-12(2)18-19(15-8-17(31-3)22-26-11-27-30(22)9-15)28-24-20(18)29-23(33-24)14-6-4-13(5-7-14)21-16(25)10-32-21/h8-9,11-14,16,21,28H,4-7,10,25H2,1-3H3. The lowest BCUT2D eigenvalue weighted by molar-refractivity contribution is -0.112. The van der Waals surface area contributed by atoms with Crippen LogP contribution >= 0.6 is 11.3 Å². The van der Waals surface area contributed by atoms with E-state index in [1.54, 1.807) is 18.0 Å². The lowest BCUT2D eigenvalue weighted by atomic mass is 9.77. The van der Waals surface area contributed by atoms with Crippen LogP contribution in [0.5, 0.6) is 5.75 Å². The first-order chi connectivity index (χ1) is 16.0. The highest BCUT2D eigenvalue weighted by atomic mass is 32.1. The Bertz CT molecular complexity index is 1300. The summed E-state index contributed by atoms with van der Waals surface area (Å²) in [5.74, 6) is 2.17. The predicted molar refractivity (Wildman–Crippen MR) is 129 cm³/mol. The topological polar surface area (TPSA) is 103 Å². The van der Waals surface area contributed by atoms with Gasteiger partial charge in [0.1, 0.15) is 16.7 Å². The number of nitrogens with two attached hydrogens (primary N) is 1. The fourth-order valence-electron chi connectivity index (χ4n) is 5.55. The van der Waals surface area contributed by atoms with Crippen molar-refractivity contribution in [3.8, 4) is 17.0 Å². The van der Waals surface area contributed by atoms with Gasteiger partial charge in [0.2, 0.25) is 0 Å². The van der Waals surface area contributed by atoms with Gasteiger partial charge in [-0.25, -0.2) is 14.5 Å². The number of hydrogen-bond acceptors (Lipinski definition) is 7. The van der Waals surface area contributed by atoms with Gasteiger partial charge < -0.3 is 20.2 Å². The Balaban J connectivity index is 1.32. The molecule has 4 aromatic rings. The van der Waals surface area contributed by atoms with Crippen LogP contribution in [-0.2, 0) is 4.74 Å². The van der Waals surface area contributed by atoms with Gasteiger partial charge in [0.25, 0.3) is 0 Å². The van der Waals surface area contributed by atoms with Crippen molar-refractivity contribution in [2.75, 3.05) is 13.7 Å². The molecule has 5 heterocycles. The van der Waals surface area contributed by atoms with Crippen molar-refractivity contribution in [1.82, 2.24) is 24.6 Å². The minimum absolute atomic E-state index is 0.229. The van der Waals surface area contributed by atoms with Crippen molar-refractivity contribution in [2.45, 2.75) is 63.5 Å². The summed E-state index contributed by atoms with van der Waals surface area (Å²) in [7, 11) is 1.66. The highest BCUT2D eigenvalue weighted by Gasteiger charge is 2.38. The molecule has 8 nitrogen and oxygen atoms in total. The molecule has 1 aliphatic heterocycles. The molecule has 1 aliphatic carbocycles. The maximum Gasteiger partial charge on any atom is 0.197 e. The SMILES string of the molecule is COc1cc(-c2[nH]c3sc(C4CCC(C5OCC5N)CC4)nc3c2C(C)C)cn2ncnc12. The fraction of sp³-hybridized carbons (Fsp3) is 0.542.